The predicted molar refractivity (Wildman–Crippen MR) is 71.8 cm³/mol. The first-order valence-corrected chi connectivity index (χ1v) is 6.77. The molecule has 0 bridgehead atoms. The van der Waals surface area contributed by atoms with Gasteiger partial charge in [-0.15, -0.1) is 0 Å². The molecule has 2 nitrogen and oxygen atoms in total. The first-order chi connectivity index (χ1) is 8.54. The SMILES string of the molecule is CC1CCC(C(C)(O)c2ccc(C#N)cc2)CC1. The third kappa shape index (κ3) is 2.57. The maximum Gasteiger partial charge on any atom is 0.0991 e. The van der Waals surface area contributed by atoms with Crippen molar-refractivity contribution in [2.45, 2.75) is 45.1 Å². The molecule has 0 amide bonds. The summed E-state index contributed by atoms with van der Waals surface area (Å²) in [5.74, 6) is 1.12. The quantitative estimate of drug-likeness (QED) is 0.862. The molecular weight excluding hydrogens is 222 g/mol. The molecule has 96 valence electrons. The molecule has 1 fully saturated rings. The molecule has 0 aromatic heterocycles. The van der Waals surface area contributed by atoms with Crippen LogP contribution in [-0.4, -0.2) is 5.11 Å². The molecule has 0 saturated heterocycles. The molecular formula is C16H21NO. The minimum Gasteiger partial charge on any atom is -0.385 e. The van der Waals surface area contributed by atoms with Crippen molar-refractivity contribution < 1.29 is 5.11 Å². The number of nitrogens with zero attached hydrogens (tertiary/aromatic N) is 1. The van der Waals surface area contributed by atoms with E-state index in [0.29, 0.717) is 11.5 Å². The second-order valence-corrected chi connectivity index (χ2v) is 5.79. The topological polar surface area (TPSA) is 44.0 Å². The molecule has 1 aromatic rings. The number of benzene rings is 1. The van der Waals surface area contributed by atoms with Crippen molar-refractivity contribution in [3.63, 3.8) is 0 Å². The molecule has 1 N–H and O–H groups in total. The van der Waals surface area contributed by atoms with Gasteiger partial charge in [0, 0.05) is 0 Å². The molecule has 2 rings (SSSR count). The van der Waals surface area contributed by atoms with Gasteiger partial charge in [-0.1, -0.05) is 31.9 Å². The molecule has 0 spiro atoms. The number of hydrogen-bond donors (Lipinski definition) is 1. The van der Waals surface area contributed by atoms with E-state index in [4.69, 9.17) is 5.26 Å². The molecule has 1 aliphatic rings. The van der Waals surface area contributed by atoms with Gasteiger partial charge in [-0.3, -0.25) is 0 Å². The fourth-order valence-corrected chi connectivity index (χ4v) is 2.94. The Morgan fingerprint density at radius 3 is 2.22 bits per heavy atom. The van der Waals surface area contributed by atoms with E-state index in [0.717, 1.165) is 24.3 Å². The molecule has 1 aliphatic carbocycles. The van der Waals surface area contributed by atoms with Gasteiger partial charge in [0.2, 0.25) is 0 Å². The average Bonchev–Trinajstić information content (AvgIpc) is 2.39. The van der Waals surface area contributed by atoms with Crippen LogP contribution in [0.1, 0.15) is 50.7 Å². The van der Waals surface area contributed by atoms with Crippen LogP contribution in [-0.2, 0) is 5.60 Å². The van der Waals surface area contributed by atoms with Crippen molar-refractivity contribution in [3.8, 4) is 6.07 Å². The highest BCUT2D eigenvalue weighted by atomic mass is 16.3. The van der Waals surface area contributed by atoms with Gasteiger partial charge in [0.25, 0.3) is 0 Å². The summed E-state index contributed by atoms with van der Waals surface area (Å²) >= 11 is 0. The summed E-state index contributed by atoms with van der Waals surface area (Å²) in [7, 11) is 0. The van der Waals surface area contributed by atoms with E-state index in [1.807, 2.05) is 19.1 Å². The smallest absolute Gasteiger partial charge is 0.0991 e. The fraction of sp³-hybridized carbons (Fsp3) is 0.562. The van der Waals surface area contributed by atoms with E-state index in [1.54, 1.807) is 12.1 Å². The van der Waals surface area contributed by atoms with Crippen LogP contribution in [0.5, 0.6) is 0 Å². The Bertz CT molecular complexity index is 433. The number of nitriles is 1. The van der Waals surface area contributed by atoms with E-state index >= 15 is 0 Å². The minimum atomic E-state index is -0.770. The van der Waals surface area contributed by atoms with Crippen LogP contribution in [0.4, 0.5) is 0 Å². The Hall–Kier alpha value is -1.33. The summed E-state index contributed by atoms with van der Waals surface area (Å²) in [5.41, 5.74) is 0.807. The number of aliphatic hydroxyl groups is 1. The summed E-state index contributed by atoms with van der Waals surface area (Å²) in [6, 6.07) is 9.45. The zero-order chi connectivity index (χ0) is 13.2. The molecule has 0 aliphatic heterocycles. The van der Waals surface area contributed by atoms with Crippen LogP contribution in [0, 0.1) is 23.2 Å². The summed E-state index contributed by atoms with van der Waals surface area (Å²) in [6.07, 6.45) is 4.59. The zero-order valence-corrected chi connectivity index (χ0v) is 11.2. The van der Waals surface area contributed by atoms with E-state index in [2.05, 4.69) is 13.0 Å². The van der Waals surface area contributed by atoms with E-state index < -0.39 is 5.60 Å². The first-order valence-electron chi connectivity index (χ1n) is 6.77. The lowest BCUT2D eigenvalue weighted by Gasteiger charge is -2.37. The molecule has 0 heterocycles. The van der Waals surface area contributed by atoms with Gasteiger partial charge in [0.05, 0.1) is 17.2 Å². The van der Waals surface area contributed by atoms with Crippen molar-refractivity contribution in [1.82, 2.24) is 0 Å². The lowest BCUT2D eigenvalue weighted by Crippen LogP contribution is -2.34. The number of hydrogen-bond acceptors (Lipinski definition) is 2. The van der Waals surface area contributed by atoms with E-state index in [1.165, 1.54) is 12.8 Å². The molecule has 1 aromatic carbocycles. The van der Waals surface area contributed by atoms with Gasteiger partial charge in [-0.05, 0) is 49.3 Å². The minimum absolute atomic E-state index is 0.335. The standard InChI is InChI=1S/C16H21NO/c1-12-3-7-14(8-4-12)16(2,18)15-9-5-13(11-17)6-10-15/h5-6,9-10,12,14,18H,3-4,7-8H2,1-2H3. The average molecular weight is 243 g/mol. The second-order valence-electron chi connectivity index (χ2n) is 5.79. The lowest BCUT2D eigenvalue weighted by atomic mass is 9.72. The Balaban J connectivity index is 2.16. The predicted octanol–water partition coefficient (Wildman–Crippen LogP) is 3.59. The zero-order valence-electron chi connectivity index (χ0n) is 11.2. The Kier molecular flexibility index (Phi) is 3.73. The van der Waals surface area contributed by atoms with Gasteiger partial charge < -0.3 is 5.11 Å². The van der Waals surface area contributed by atoms with Gasteiger partial charge in [-0.2, -0.15) is 5.26 Å². The maximum absolute atomic E-state index is 10.8. The third-order valence-electron chi connectivity index (χ3n) is 4.41. The fourth-order valence-electron chi connectivity index (χ4n) is 2.94. The van der Waals surface area contributed by atoms with Crippen LogP contribution in [0.2, 0.25) is 0 Å². The lowest BCUT2D eigenvalue weighted by molar-refractivity contribution is -0.0264. The summed E-state index contributed by atoms with van der Waals surface area (Å²) < 4.78 is 0. The van der Waals surface area contributed by atoms with Crippen molar-refractivity contribution in [2.75, 3.05) is 0 Å². The second kappa shape index (κ2) is 5.12. The van der Waals surface area contributed by atoms with E-state index in [9.17, 15) is 5.11 Å². The van der Waals surface area contributed by atoms with Crippen LogP contribution >= 0.6 is 0 Å². The molecule has 1 atom stereocenters. The van der Waals surface area contributed by atoms with E-state index in [-0.39, 0.29) is 0 Å². The largest absolute Gasteiger partial charge is 0.385 e. The van der Waals surface area contributed by atoms with Gasteiger partial charge in [-0.25, -0.2) is 0 Å². The summed E-state index contributed by atoms with van der Waals surface area (Å²) in [6.45, 7) is 4.20. The highest BCUT2D eigenvalue weighted by Gasteiger charge is 2.35. The number of rotatable bonds is 2. The van der Waals surface area contributed by atoms with Crippen LogP contribution in [0.3, 0.4) is 0 Å². The highest BCUT2D eigenvalue weighted by Crippen LogP contribution is 2.40. The monoisotopic (exact) mass is 243 g/mol. The Labute approximate surface area is 109 Å². The van der Waals surface area contributed by atoms with Gasteiger partial charge in [0.1, 0.15) is 0 Å². The Morgan fingerprint density at radius 2 is 1.72 bits per heavy atom. The van der Waals surface area contributed by atoms with Crippen molar-refractivity contribution in [2.24, 2.45) is 11.8 Å². The molecule has 1 unspecified atom stereocenters. The van der Waals surface area contributed by atoms with Crippen molar-refractivity contribution >= 4 is 0 Å². The van der Waals surface area contributed by atoms with Crippen molar-refractivity contribution in [3.05, 3.63) is 35.4 Å². The molecule has 0 radical (unpaired) electrons. The van der Waals surface area contributed by atoms with Crippen LogP contribution in [0.15, 0.2) is 24.3 Å². The molecule has 1 saturated carbocycles. The maximum atomic E-state index is 10.8. The van der Waals surface area contributed by atoms with Crippen LogP contribution < -0.4 is 0 Å². The first kappa shape index (κ1) is 13.1. The molecule has 18 heavy (non-hydrogen) atoms. The molecule has 2 heteroatoms. The Morgan fingerprint density at radius 1 is 1.17 bits per heavy atom. The normalized spacial score (nSPS) is 27.2. The van der Waals surface area contributed by atoms with Crippen LogP contribution in [0.25, 0.3) is 0 Å². The third-order valence-corrected chi connectivity index (χ3v) is 4.41. The van der Waals surface area contributed by atoms with Crippen molar-refractivity contribution in [1.29, 1.82) is 5.26 Å². The van der Waals surface area contributed by atoms with Gasteiger partial charge in [0.15, 0.2) is 0 Å². The summed E-state index contributed by atoms with van der Waals surface area (Å²) in [5, 5.41) is 19.6. The highest BCUT2D eigenvalue weighted by molar-refractivity contribution is 5.34. The van der Waals surface area contributed by atoms with Gasteiger partial charge >= 0.3 is 0 Å². The summed E-state index contributed by atoms with van der Waals surface area (Å²) in [4.78, 5) is 0.